The highest BCUT2D eigenvalue weighted by molar-refractivity contribution is 6.11. The van der Waals surface area contributed by atoms with Gasteiger partial charge in [0, 0.05) is 11.6 Å². The Kier molecular flexibility index (Phi) is 5.30. The third-order valence-electron chi connectivity index (χ3n) is 2.58. The number of oxime groups is 1. The van der Waals surface area contributed by atoms with Crippen LogP contribution in [-0.2, 0) is 4.84 Å². The highest BCUT2D eigenvalue weighted by Crippen LogP contribution is 2.13. The minimum Gasteiger partial charge on any atom is -0.464 e. The molecule has 0 atom stereocenters. The van der Waals surface area contributed by atoms with E-state index in [-0.39, 0.29) is 6.61 Å². The second kappa shape index (κ2) is 7.65. The van der Waals surface area contributed by atoms with E-state index in [2.05, 4.69) is 27.0 Å². The number of ether oxygens (including phenoxy) is 1. The first-order valence-electron chi connectivity index (χ1n) is 6.36. The van der Waals surface area contributed by atoms with Crippen LogP contribution in [0.4, 0.5) is 0 Å². The number of rotatable bonds is 5. The summed E-state index contributed by atoms with van der Waals surface area (Å²) in [5.74, 6) is 6.02. The highest BCUT2D eigenvalue weighted by atomic mass is 16.6. The molecule has 0 saturated carbocycles. The number of nitrogens with zero attached hydrogens (tertiary/aromatic N) is 3. The van der Waals surface area contributed by atoms with Crippen LogP contribution in [0.25, 0.3) is 0 Å². The molecule has 106 valence electrons. The molecular weight excluding hydrogens is 266 g/mol. The molecule has 2 aromatic rings. The second-order valence-corrected chi connectivity index (χ2v) is 3.95. The lowest BCUT2D eigenvalue weighted by Gasteiger charge is -2.07. The van der Waals surface area contributed by atoms with Crippen LogP contribution in [-0.4, -0.2) is 29.4 Å². The number of benzene rings is 1. The molecule has 5 heteroatoms. The fourth-order valence-electron chi connectivity index (χ4n) is 1.66. The SMILES string of the molecule is CC#CCOc1cc(/C(=N/OC)c2ccccc2)ncn1. The van der Waals surface area contributed by atoms with Crippen molar-refractivity contribution in [3.05, 3.63) is 54.0 Å². The van der Waals surface area contributed by atoms with Crippen molar-refractivity contribution in [3.63, 3.8) is 0 Å². The van der Waals surface area contributed by atoms with Gasteiger partial charge in [-0.05, 0) is 6.92 Å². The molecule has 21 heavy (non-hydrogen) atoms. The summed E-state index contributed by atoms with van der Waals surface area (Å²) in [6.45, 7) is 2.04. The van der Waals surface area contributed by atoms with Crippen LogP contribution in [0.5, 0.6) is 5.88 Å². The average Bonchev–Trinajstić information content (AvgIpc) is 2.54. The maximum atomic E-state index is 5.43. The Labute approximate surface area is 123 Å². The Hall–Kier alpha value is -2.87. The lowest BCUT2D eigenvalue weighted by atomic mass is 10.1. The van der Waals surface area contributed by atoms with Crippen molar-refractivity contribution in [3.8, 4) is 17.7 Å². The molecule has 0 aliphatic rings. The lowest BCUT2D eigenvalue weighted by Crippen LogP contribution is -2.08. The predicted molar refractivity (Wildman–Crippen MR) is 80.1 cm³/mol. The summed E-state index contributed by atoms with van der Waals surface area (Å²) >= 11 is 0. The molecule has 0 unspecified atom stereocenters. The third kappa shape index (κ3) is 4.05. The zero-order valence-corrected chi connectivity index (χ0v) is 11.9. The van der Waals surface area contributed by atoms with Gasteiger partial charge < -0.3 is 9.57 Å². The molecule has 0 aliphatic carbocycles. The Morgan fingerprint density at radius 2 is 2.05 bits per heavy atom. The molecule has 5 nitrogen and oxygen atoms in total. The lowest BCUT2D eigenvalue weighted by molar-refractivity contribution is 0.214. The van der Waals surface area contributed by atoms with Gasteiger partial charge in [0.2, 0.25) is 5.88 Å². The van der Waals surface area contributed by atoms with E-state index < -0.39 is 0 Å². The molecule has 2 rings (SSSR count). The van der Waals surface area contributed by atoms with Crippen molar-refractivity contribution in [2.45, 2.75) is 6.92 Å². The van der Waals surface area contributed by atoms with Crippen molar-refractivity contribution >= 4 is 5.71 Å². The highest BCUT2D eigenvalue weighted by Gasteiger charge is 2.11. The molecule has 0 aliphatic heterocycles. The third-order valence-corrected chi connectivity index (χ3v) is 2.58. The summed E-state index contributed by atoms with van der Waals surface area (Å²) in [7, 11) is 1.50. The van der Waals surface area contributed by atoms with Crippen LogP contribution in [0.1, 0.15) is 18.2 Å². The molecule has 1 heterocycles. The fourth-order valence-corrected chi connectivity index (χ4v) is 1.66. The van der Waals surface area contributed by atoms with E-state index in [9.17, 15) is 0 Å². The second-order valence-electron chi connectivity index (χ2n) is 3.95. The molecule has 0 radical (unpaired) electrons. The monoisotopic (exact) mass is 281 g/mol. The number of hydrogen-bond acceptors (Lipinski definition) is 5. The summed E-state index contributed by atoms with van der Waals surface area (Å²) in [6, 6.07) is 11.4. The summed E-state index contributed by atoms with van der Waals surface area (Å²) in [6.07, 6.45) is 1.43. The van der Waals surface area contributed by atoms with Crippen molar-refractivity contribution in [2.75, 3.05) is 13.7 Å². The molecule has 1 aromatic heterocycles. The molecule has 0 spiro atoms. The Morgan fingerprint density at radius 1 is 1.24 bits per heavy atom. The van der Waals surface area contributed by atoms with Crippen LogP contribution in [0, 0.1) is 11.8 Å². The van der Waals surface area contributed by atoms with E-state index >= 15 is 0 Å². The van der Waals surface area contributed by atoms with E-state index in [4.69, 9.17) is 9.57 Å². The normalized spacial score (nSPS) is 10.5. The maximum absolute atomic E-state index is 5.43. The minimum atomic E-state index is 0.287. The van der Waals surface area contributed by atoms with Gasteiger partial charge in [0.05, 0.1) is 5.69 Å². The summed E-state index contributed by atoms with van der Waals surface area (Å²) < 4.78 is 5.43. The number of aromatic nitrogens is 2. The van der Waals surface area contributed by atoms with E-state index in [1.54, 1.807) is 13.0 Å². The summed E-state index contributed by atoms with van der Waals surface area (Å²) in [4.78, 5) is 13.2. The first kappa shape index (κ1) is 14.5. The van der Waals surface area contributed by atoms with E-state index in [1.165, 1.54) is 13.4 Å². The molecular formula is C16H15N3O2. The Bertz CT molecular complexity index is 673. The fraction of sp³-hybridized carbons (Fsp3) is 0.188. The van der Waals surface area contributed by atoms with Gasteiger partial charge >= 0.3 is 0 Å². The van der Waals surface area contributed by atoms with Crippen molar-refractivity contribution < 1.29 is 9.57 Å². The largest absolute Gasteiger partial charge is 0.464 e. The van der Waals surface area contributed by atoms with Gasteiger partial charge in [0.25, 0.3) is 0 Å². The number of hydrogen-bond donors (Lipinski definition) is 0. The molecule has 0 amide bonds. The Morgan fingerprint density at radius 3 is 2.76 bits per heavy atom. The molecule has 0 fully saturated rings. The van der Waals surface area contributed by atoms with E-state index in [1.807, 2.05) is 30.3 Å². The van der Waals surface area contributed by atoms with Crippen LogP contribution in [0.3, 0.4) is 0 Å². The van der Waals surface area contributed by atoms with Gasteiger partial charge in [-0.3, -0.25) is 0 Å². The first-order valence-corrected chi connectivity index (χ1v) is 6.36. The van der Waals surface area contributed by atoms with Gasteiger partial charge in [-0.15, -0.1) is 5.92 Å². The molecule has 0 bridgehead atoms. The minimum absolute atomic E-state index is 0.287. The van der Waals surface area contributed by atoms with Gasteiger partial charge in [-0.1, -0.05) is 41.4 Å². The topological polar surface area (TPSA) is 56.6 Å². The van der Waals surface area contributed by atoms with Gasteiger partial charge in [-0.25, -0.2) is 9.97 Å². The zero-order valence-electron chi connectivity index (χ0n) is 11.9. The predicted octanol–water partition coefficient (Wildman–Crippen LogP) is 2.28. The van der Waals surface area contributed by atoms with Gasteiger partial charge in [0.1, 0.15) is 19.1 Å². The van der Waals surface area contributed by atoms with Crippen molar-refractivity contribution in [2.24, 2.45) is 5.16 Å². The van der Waals surface area contributed by atoms with Gasteiger partial charge in [0.15, 0.2) is 6.61 Å². The smallest absolute Gasteiger partial charge is 0.217 e. The maximum Gasteiger partial charge on any atom is 0.217 e. The first-order chi connectivity index (χ1) is 10.3. The van der Waals surface area contributed by atoms with Crippen LogP contribution in [0.2, 0.25) is 0 Å². The molecule has 1 aromatic carbocycles. The average molecular weight is 281 g/mol. The van der Waals surface area contributed by atoms with Gasteiger partial charge in [-0.2, -0.15) is 0 Å². The standard InChI is InChI=1S/C16H15N3O2/c1-3-4-10-21-15-11-14(17-12-18-15)16(19-20-2)13-8-6-5-7-9-13/h5-9,11-12H,10H2,1-2H3/b19-16+. The Balaban J connectivity index is 2.31. The van der Waals surface area contributed by atoms with E-state index in [0.29, 0.717) is 17.3 Å². The summed E-state index contributed by atoms with van der Waals surface area (Å²) in [5.41, 5.74) is 2.14. The van der Waals surface area contributed by atoms with E-state index in [0.717, 1.165) is 5.56 Å². The molecule has 0 N–H and O–H groups in total. The van der Waals surface area contributed by atoms with Crippen LogP contribution < -0.4 is 4.74 Å². The van der Waals surface area contributed by atoms with Crippen molar-refractivity contribution in [1.82, 2.24) is 9.97 Å². The summed E-state index contributed by atoms with van der Waals surface area (Å²) in [5, 5.41) is 4.05. The van der Waals surface area contributed by atoms with Crippen LogP contribution in [0.15, 0.2) is 47.9 Å². The quantitative estimate of drug-likeness (QED) is 0.479. The molecule has 0 saturated heterocycles. The zero-order chi connectivity index (χ0) is 14.9. The van der Waals surface area contributed by atoms with Crippen LogP contribution >= 0.6 is 0 Å². The van der Waals surface area contributed by atoms with Crippen molar-refractivity contribution in [1.29, 1.82) is 0 Å².